The van der Waals surface area contributed by atoms with E-state index in [1.54, 1.807) is 49.7 Å². The third kappa shape index (κ3) is 6.79. The number of aryl methyl sites for hydroxylation is 1. The second kappa shape index (κ2) is 13.9. The van der Waals surface area contributed by atoms with Crippen molar-refractivity contribution >= 4 is 38.7 Å². The molecule has 1 aromatic heterocycles. The third-order valence-electron chi connectivity index (χ3n) is 7.38. The maximum absolute atomic E-state index is 13.9. The van der Waals surface area contributed by atoms with Gasteiger partial charge in [0.1, 0.15) is 12.4 Å². The van der Waals surface area contributed by atoms with Gasteiger partial charge < -0.3 is 14.2 Å². The fourth-order valence-electron chi connectivity index (χ4n) is 5.04. The Morgan fingerprint density at radius 3 is 2.50 bits per heavy atom. The summed E-state index contributed by atoms with van der Waals surface area (Å²) in [6, 6.07) is 20.9. The second-order valence-corrected chi connectivity index (χ2v) is 11.7. The van der Waals surface area contributed by atoms with Gasteiger partial charge in [-0.05, 0) is 88.8 Å². The van der Waals surface area contributed by atoms with Gasteiger partial charge in [0.2, 0.25) is 0 Å². The Labute approximate surface area is 274 Å². The molecule has 0 atom stereocenters. The Bertz CT molecular complexity index is 2020. The van der Waals surface area contributed by atoms with E-state index in [9.17, 15) is 14.9 Å². The number of halogens is 1. The Hall–Kier alpha value is -5.03. The topological polar surface area (TPSA) is 118 Å². The van der Waals surface area contributed by atoms with E-state index >= 15 is 0 Å². The van der Waals surface area contributed by atoms with Crippen molar-refractivity contribution in [3.8, 4) is 28.6 Å². The molecule has 0 spiro atoms. The number of aromatic nitrogens is 2. The molecule has 5 aromatic rings. The fraction of sp³-hybridized carbons (Fsp3) is 0.229. The molecule has 0 N–H and O–H groups in total. The summed E-state index contributed by atoms with van der Waals surface area (Å²) in [6.45, 7) is 8.45. The summed E-state index contributed by atoms with van der Waals surface area (Å²) < 4.78 is 19.5. The van der Waals surface area contributed by atoms with Crippen molar-refractivity contribution in [2.24, 2.45) is 5.10 Å². The summed E-state index contributed by atoms with van der Waals surface area (Å²) in [5.41, 5.74) is 4.17. The van der Waals surface area contributed by atoms with E-state index in [4.69, 9.17) is 19.2 Å². The normalized spacial score (nSPS) is 11.4. The number of para-hydroxylation sites is 1. The highest BCUT2D eigenvalue weighted by atomic mass is 79.9. The molecular weight excluding hydrogens is 652 g/mol. The molecule has 11 heteroatoms. The average molecular weight is 686 g/mol. The van der Waals surface area contributed by atoms with E-state index < -0.39 is 4.92 Å². The van der Waals surface area contributed by atoms with Gasteiger partial charge in [0, 0.05) is 27.7 Å². The lowest BCUT2D eigenvalue weighted by Gasteiger charge is -2.17. The Balaban J connectivity index is 1.58. The molecule has 0 unspecified atom stereocenters. The van der Waals surface area contributed by atoms with Gasteiger partial charge in [0.15, 0.2) is 17.3 Å². The van der Waals surface area contributed by atoms with Crippen LogP contribution in [0.2, 0.25) is 0 Å². The van der Waals surface area contributed by atoms with Crippen LogP contribution in [0, 0.1) is 17.0 Å². The maximum atomic E-state index is 13.9. The Morgan fingerprint density at radius 2 is 1.78 bits per heavy atom. The van der Waals surface area contributed by atoms with Crippen molar-refractivity contribution in [3.63, 3.8) is 0 Å². The van der Waals surface area contributed by atoms with E-state index in [1.807, 2.05) is 38.1 Å². The van der Waals surface area contributed by atoms with Crippen LogP contribution in [0.3, 0.4) is 0 Å². The van der Waals surface area contributed by atoms with Gasteiger partial charge in [-0.1, -0.05) is 38.1 Å². The van der Waals surface area contributed by atoms with Crippen molar-refractivity contribution in [2.75, 3.05) is 13.7 Å². The second-order valence-electron chi connectivity index (χ2n) is 10.8. The lowest BCUT2D eigenvalue weighted by molar-refractivity contribution is -0.384. The van der Waals surface area contributed by atoms with Gasteiger partial charge >= 0.3 is 0 Å². The van der Waals surface area contributed by atoms with Gasteiger partial charge in [-0.3, -0.25) is 14.9 Å². The molecule has 4 aromatic carbocycles. The first-order chi connectivity index (χ1) is 22.1. The molecule has 0 aliphatic carbocycles. The standard InChI is InChI=1S/C35H33BrN4O6/c1-6-45-32-16-24(29(36)18-33(32)46-20-23-10-9-11-25(15-23)40(42)43)19-37-39-34(38-30-13-8-7-12-26(30)35(39)41)28-17-27(21(2)3)31(44-5)14-22(28)4/h7-19,21H,6,20H2,1-5H3. The van der Waals surface area contributed by atoms with Gasteiger partial charge in [0.05, 0.1) is 35.8 Å². The van der Waals surface area contributed by atoms with Crippen LogP contribution in [0.25, 0.3) is 22.3 Å². The van der Waals surface area contributed by atoms with E-state index in [-0.39, 0.29) is 23.8 Å². The maximum Gasteiger partial charge on any atom is 0.282 e. The number of nitro benzene ring substituents is 1. The van der Waals surface area contributed by atoms with Crippen molar-refractivity contribution in [2.45, 2.75) is 40.2 Å². The number of hydrogen-bond donors (Lipinski definition) is 0. The minimum absolute atomic E-state index is 0.0121. The number of fused-ring (bicyclic) bond motifs is 1. The zero-order valence-corrected chi connectivity index (χ0v) is 27.7. The molecule has 0 bridgehead atoms. The SMILES string of the molecule is CCOc1cc(C=Nn2c(-c3cc(C(C)C)c(OC)cc3C)nc3ccccc3c2=O)c(Br)cc1OCc1cccc([N+](=O)[O-])c1. The zero-order chi connectivity index (χ0) is 33.0. The molecule has 0 fully saturated rings. The molecule has 236 valence electrons. The summed E-state index contributed by atoms with van der Waals surface area (Å²) in [5.74, 6) is 2.24. The van der Waals surface area contributed by atoms with E-state index in [0.29, 0.717) is 50.4 Å². The Kier molecular flexibility index (Phi) is 9.81. The summed E-state index contributed by atoms with van der Waals surface area (Å²) in [5, 5.41) is 16.3. The molecule has 10 nitrogen and oxygen atoms in total. The van der Waals surface area contributed by atoms with Gasteiger partial charge in [-0.2, -0.15) is 9.78 Å². The molecule has 5 rings (SSSR count). The van der Waals surface area contributed by atoms with Crippen LogP contribution >= 0.6 is 15.9 Å². The van der Waals surface area contributed by atoms with Gasteiger partial charge in [-0.15, -0.1) is 0 Å². The predicted molar refractivity (Wildman–Crippen MR) is 183 cm³/mol. The van der Waals surface area contributed by atoms with Crippen molar-refractivity contribution < 1.29 is 19.1 Å². The van der Waals surface area contributed by atoms with Crippen LogP contribution in [0.5, 0.6) is 17.2 Å². The monoisotopic (exact) mass is 684 g/mol. The van der Waals surface area contributed by atoms with Crippen LogP contribution < -0.4 is 19.8 Å². The Morgan fingerprint density at radius 1 is 1.02 bits per heavy atom. The molecule has 1 heterocycles. The number of nitro groups is 1. The summed E-state index contributed by atoms with van der Waals surface area (Å²) in [4.78, 5) is 29.5. The van der Waals surface area contributed by atoms with Gasteiger partial charge in [-0.25, -0.2) is 4.98 Å². The average Bonchev–Trinajstić information content (AvgIpc) is 3.04. The molecule has 0 aliphatic rings. The quantitative estimate of drug-likeness (QED) is 0.0785. The molecule has 0 aliphatic heterocycles. The van der Waals surface area contributed by atoms with Crippen molar-refractivity contribution in [1.29, 1.82) is 0 Å². The first kappa shape index (κ1) is 32.4. The molecule has 0 saturated heterocycles. The van der Waals surface area contributed by atoms with Crippen LogP contribution in [0.15, 0.2) is 87.2 Å². The fourth-order valence-corrected chi connectivity index (χ4v) is 5.47. The zero-order valence-electron chi connectivity index (χ0n) is 26.1. The summed E-state index contributed by atoms with van der Waals surface area (Å²) >= 11 is 3.60. The molecule has 0 saturated carbocycles. The van der Waals surface area contributed by atoms with E-state index in [0.717, 1.165) is 22.4 Å². The number of nitrogens with zero attached hydrogens (tertiary/aromatic N) is 4. The summed E-state index contributed by atoms with van der Waals surface area (Å²) in [6.07, 6.45) is 1.57. The minimum Gasteiger partial charge on any atom is -0.496 e. The van der Waals surface area contributed by atoms with E-state index in [2.05, 4.69) is 34.9 Å². The molecule has 0 radical (unpaired) electrons. The van der Waals surface area contributed by atoms with Crippen LogP contribution in [0.4, 0.5) is 5.69 Å². The number of rotatable bonds is 11. The van der Waals surface area contributed by atoms with Crippen LogP contribution in [0.1, 0.15) is 48.9 Å². The van der Waals surface area contributed by atoms with Gasteiger partial charge in [0.25, 0.3) is 11.2 Å². The largest absolute Gasteiger partial charge is 0.496 e. The first-order valence-corrected chi connectivity index (χ1v) is 15.5. The highest BCUT2D eigenvalue weighted by molar-refractivity contribution is 9.10. The lowest BCUT2D eigenvalue weighted by Crippen LogP contribution is -2.21. The van der Waals surface area contributed by atoms with Crippen LogP contribution in [-0.2, 0) is 6.61 Å². The highest BCUT2D eigenvalue weighted by Crippen LogP contribution is 2.36. The molecular formula is C35H33BrN4O6. The van der Waals surface area contributed by atoms with Crippen molar-refractivity contribution in [3.05, 3.63) is 120 Å². The summed E-state index contributed by atoms with van der Waals surface area (Å²) in [7, 11) is 1.65. The molecule has 46 heavy (non-hydrogen) atoms. The number of hydrogen-bond acceptors (Lipinski definition) is 8. The van der Waals surface area contributed by atoms with Crippen molar-refractivity contribution in [1.82, 2.24) is 9.66 Å². The number of benzene rings is 4. The number of methoxy groups -OCH3 is 1. The smallest absolute Gasteiger partial charge is 0.282 e. The van der Waals surface area contributed by atoms with Crippen LogP contribution in [-0.4, -0.2) is 34.5 Å². The minimum atomic E-state index is -0.444. The molecule has 0 amide bonds. The third-order valence-corrected chi connectivity index (χ3v) is 8.07. The lowest BCUT2D eigenvalue weighted by atomic mass is 9.96. The highest BCUT2D eigenvalue weighted by Gasteiger charge is 2.19. The number of ether oxygens (including phenoxy) is 3. The number of non-ortho nitro benzene ring substituents is 1. The first-order valence-electron chi connectivity index (χ1n) is 14.7. The predicted octanol–water partition coefficient (Wildman–Crippen LogP) is 8.03. The van der Waals surface area contributed by atoms with E-state index in [1.165, 1.54) is 16.8 Å².